The molecule has 0 bridgehead atoms. The van der Waals surface area contributed by atoms with E-state index in [2.05, 4.69) is 9.82 Å². The van der Waals surface area contributed by atoms with E-state index in [0.29, 0.717) is 5.75 Å². The summed E-state index contributed by atoms with van der Waals surface area (Å²) in [4.78, 5) is 0.0325. The molecule has 0 radical (unpaired) electrons. The Kier molecular flexibility index (Phi) is 4.72. The molecule has 0 aliphatic carbocycles. The van der Waals surface area contributed by atoms with Crippen LogP contribution in [0.1, 0.15) is 18.5 Å². The number of rotatable bonds is 6. The lowest BCUT2D eigenvalue weighted by Crippen LogP contribution is -2.27. The Morgan fingerprint density at radius 1 is 1.27 bits per heavy atom. The average Bonchev–Trinajstić information content (AvgIpc) is 2.93. The maximum absolute atomic E-state index is 12.6. The van der Waals surface area contributed by atoms with Gasteiger partial charge in [-0.15, -0.1) is 0 Å². The minimum Gasteiger partial charge on any atom is -0.497 e. The van der Waals surface area contributed by atoms with Crippen molar-refractivity contribution in [3.05, 3.63) is 36.2 Å². The molecule has 1 N–H and O–H groups in total. The van der Waals surface area contributed by atoms with Gasteiger partial charge in [0.1, 0.15) is 16.4 Å². The second kappa shape index (κ2) is 6.37. The summed E-state index contributed by atoms with van der Waals surface area (Å²) in [7, 11) is 0.906. The van der Waals surface area contributed by atoms with Crippen LogP contribution in [0.25, 0.3) is 0 Å². The molecule has 1 aromatic heterocycles. The third kappa shape index (κ3) is 3.40. The minimum absolute atomic E-state index is 0.0325. The van der Waals surface area contributed by atoms with Crippen molar-refractivity contribution in [2.24, 2.45) is 7.05 Å². The molecule has 0 aliphatic heterocycles. The predicted octanol–water partition coefficient (Wildman–Crippen LogP) is 1.48. The number of benzene rings is 1. The van der Waals surface area contributed by atoms with E-state index >= 15 is 0 Å². The van der Waals surface area contributed by atoms with Crippen molar-refractivity contribution in [2.45, 2.75) is 17.9 Å². The van der Waals surface area contributed by atoms with Crippen LogP contribution in [-0.2, 0) is 17.1 Å². The van der Waals surface area contributed by atoms with Gasteiger partial charge in [-0.3, -0.25) is 4.68 Å². The lowest BCUT2D eigenvalue weighted by Gasteiger charge is -2.15. The molecule has 7 nitrogen and oxygen atoms in total. The first-order chi connectivity index (χ1) is 10.4. The number of aromatic nitrogens is 2. The highest BCUT2D eigenvalue weighted by Crippen LogP contribution is 2.29. The van der Waals surface area contributed by atoms with Crippen LogP contribution in [0.15, 0.2) is 35.5 Å². The van der Waals surface area contributed by atoms with E-state index in [1.165, 1.54) is 20.3 Å². The standard InChI is InChI=1S/C14H19N3O4S/c1-10(11-8-15-17(2)9-11)16-22(18,19)14-7-12(20-3)5-6-13(14)21-4/h5-10,16H,1-4H3. The van der Waals surface area contributed by atoms with E-state index in [-0.39, 0.29) is 10.6 Å². The number of methoxy groups -OCH3 is 2. The predicted molar refractivity (Wildman–Crippen MR) is 81.5 cm³/mol. The smallest absolute Gasteiger partial charge is 0.244 e. The molecule has 0 saturated heterocycles. The average molecular weight is 325 g/mol. The molecule has 120 valence electrons. The quantitative estimate of drug-likeness (QED) is 0.870. The Balaban J connectivity index is 2.33. The van der Waals surface area contributed by atoms with E-state index in [0.717, 1.165) is 5.56 Å². The Morgan fingerprint density at radius 2 is 2.00 bits per heavy atom. The highest BCUT2D eigenvalue weighted by atomic mass is 32.2. The monoisotopic (exact) mass is 325 g/mol. The van der Waals surface area contributed by atoms with Gasteiger partial charge < -0.3 is 9.47 Å². The van der Waals surface area contributed by atoms with Gasteiger partial charge in [0.2, 0.25) is 10.0 Å². The Hall–Kier alpha value is -2.06. The summed E-state index contributed by atoms with van der Waals surface area (Å²) >= 11 is 0. The van der Waals surface area contributed by atoms with Crippen molar-refractivity contribution >= 4 is 10.0 Å². The normalized spacial score (nSPS) is 12.9. The van der Waals surface area contributed by atoms with Crippen molar-refractivity contribution in [3.8, 4) is 11.5 Å². The number of nitrogens with one attached hydrogen (secondary N) is 1. The zero-order valence-electron chi connectivity index (χ0n) is 12.9. The van der Waals surface area contributed by atoms with Crippen molar-refractivity contribution in [3.63, 3.8) is 0 Å². The van der Waals surface area contributed by atoms with Gasteiger partial charge in [-0.05, 0) is 19.1 Å². The van der Waals surface area contributed by atoms with Crippen LogP contribution in [0.5, 0.6) is 11.5 Å². The molecule has 2 aromatic rings. The largest absolute Gasteiger partial charge is 0.497 e. The van der Waals surface area contributed by atoms with Gasteiger partial charge in [0, 0.05) is 30.9 Å². The Morgan fingerprint density at radius 3 is 2.55 bits per heavy atom. The van der Waals surface area contributed by atoms with Gasteiger partial charge >= 0.3 is 0 Å². The van der Waals surface area contributed by atoms with Crippen molar-refractivity contribution < 1.29 is 17.9 Å². The molecule has 22 heavy (non-hydrogen) atoms. The zero-order chi connectivity index (χ0) is 16.3. The summed E-state index contributed by atoms with van der Waals surface area (Å²) in [6.45, 7) is 1.75. The van der Waals surface area contributed by atoms with Crippen LogP contribution in [0.4, 0.5) is 0 Å². The van der Waals surface area contributed by atoms with Crippen LogP contribution < -0.4 is 14.2 Å². The fourth-order valence-electron chi connectivity index (χ4n) is 2.02. The van der Waals surface area contributed by atoms with E-state index < -0.39 is 16.1 Å². The summed E-state index contributed by atoms with van der Waals surface area (Å²) in [6.07, 6.45) is 3.38. The lowest BCUT2D eigenvalue weighted by molar-refractivity contribution is 0.391. The van der Waals surface area contributed by atoms with Gasteiger partial charge in [-0.2, -0.15) is 5.10 Å². The molecule has 8 heteroatoms. The molecule has 1 heterocycles. The van der Waals surface area contributed by atoms with Gasteiger partial charge in [-0.25, -0.2) is 13.1 Å². The van der Waals surface area contributed by atoms with Gasteiger partial charge in [0.05, 0.1) is 20.4 Å². The van der Waals surface area contributed by atoms with E-state index in [4.69, 9.17) is 9.47 Å². The first-order valence-corrected chi connectivity index (χ1v) is 8.08. The molecule has 1 atom stereocenters. The number of aryl methyl sites for hydroxylation is 1. The number of sulfonamides is 1. The van der Waals surface area contributed by atoms with Crippen molar-refractivity contribution in [1.29, 1.82) is 0 Å². The fraction of sp³-hybridized carbons (Fsp3) is 0.357. The maximum Gasteiger partial charge on any atom is 0.244 e. The second-order valence-electron chi connectivity index (χ2n) is 4.81. The molecular formula is C14H19N3O4S. The molecule has 2 rings (SSSR count). The summed E-state index contributed by atoms with van der Waals surface area (Å²) in [5, 5.41) is 4.04. The Labute approximate surface area is 129 Å². The van der Waals surface area contributed by atoms with E-state index in [1.807, 2.05) is 0 Å². The fourth-order valence-corrected chi connectivity index (χ4v) is 3.44. The second-order valence-corrected chi connectivity index (χ2v) is 6.49. The molecule has 1 aromatic carbocycles. The molecular weight excluding hydrogens is 306 g/mol. The number of hydrogen-bond donors (Lipinski definition) is 1. The highest BCUT2D eigenvalue weighted by molar-refractivity contribution is 7.89. The zero-order valence-corrected chi connectivity index (χ0v) is 13.7. The van der Waals surface area contributed by atoms with E-state index in [9.17, 15) is 8.42 Å². The molecule has 0 amide bonds. The van der Waals surface area contributed by atoms with Crippen LogP contribution in [0.2, 0.25) is 0 Å². The topological polar surface area (TPSA) is 82.4 Å². The molecule has 0 fully saturated rings. The lowest BCUT2D eigenvalue weighted by atomic mass is 10.2. The number of ether oxygens (including phenoxy) is 2. The van der Waals surface area contributed by atoms with Crippen LogP contribution in [0.3, 0.4) is 0 Å². The van der Waals surface area contributed by atoms with Gasteiger partial charge in [0.25, 0.3) is 0 Å². The molecule has 0 spiro atoms. The van der Waals surface area contributed by atoms with Crippen molar-refractivity contribution in [1.82, 2.24) is 14.5 Å². The minimum atomic E-state index is -3.77. The third-order valence-corrected chi connectivity index (χ3v) is 4.78. The van der Waals surface area contributed by atoms with Crippen LogP contribution in [0, 0.1) is 0 Å². The molecule has 1 unspecified atom stereocenters. The number of nitrogens with zero attached hydrogens (tertiary/aromatic N) is 2. The van der Waals surface area contributed by atoms with Crippen LogP contribution in [-0.4, -0.2) is 32.4 Å². The summed E-state index contributed by atoms with van der Waals surface area (Å²) in [5.74, 6) is 0.696. The SMILES string of the molecule is COc1ccc(OC)c(S(=O)(=O)NC(C)c2cnn(C)c2)c1. The van der Waals surface area contributed by atoms with Gasteiger partial charge in [-0.1, -0.05) is 0 Å². The summed E-state index contributed by atoms with van der Waals surface area (Å²) in [5.41, 5.74) is 0.771. The first-order valence-electron chi connectivity index (χ1n) is 6.60. The third-order valence-electron chi connectivity index (χ3n) is 3.22. The van der Waals surface area contributed by atoms with Crippen molar-refractivity contribution in [2.75, 3.05) is 14.2 Å². The summed E-state index contributed by atoms with van der Waals surface area (Å²) in [6, 6.07) is 4.20. The van der Waals surface area contributed by atoms with E-state index in [1.54, 1.807) is 43.2 Å². The molecule has 0 aliphatic rings. The first kappa shape index (κ1) is 16.3. The van der Waals surface area contributed by atoms with Crippen LogP contribution >= 0.6 is 0 Å². The highest BCUT2D eigenvalue weighted by Gasteiger charge is 2.23. The Bertz CT molecular complexity index is 755. The summed E-state index contributed by atoms with van der Waals surface area (Å²) < 4.78 is 39.6. The number of hydrogen-bond acceptors (Lipinski definition) is 5. The maximum atomic E-state index is 12.6. The van der Waals surface area contributed by atoms with Gasteiger partial charge in [0.15, 0.2) is 0 Å². The molecule has 0 saturated carbocycles.